The van der Waals surface area contributed by atoms with E-state index in [4.69, 9.17) is 0 Å². The van der Waals surface area contributed by atoms with E-state index >= 15 is 0 Å². The predicted molar refractivity (Wildman–Crippen MR) is 146 cm³/mol. The number of nitriles is 1. The highest BCUT2D eigenvalue weighted by atomic mass is 19.4. The van der Waals surface area contributed by atoms with Crippen molar-refractivity contribution in [2.75, 3.05) is 0 Å². The molecule has 2 nitrogen and oxygen atoms in total. The van der Waals surface area contributed by atoms with Gasteiger partial charge in [-0.1, -0.05) is 92.1 Å². The Kier molecular flexibility index (Phi) is 9.28. The monoisotopic (exact) mass is 518 g/mol. The minimum Gasteiger partial charge on any atom is -0.292 e. The van der Waals surface area contributed by atoms with Gasteiger partial charge in [0.1, 0.15) is 0 Å². The molecule has 0 aromatic heterocycles. The summed E-state index contributed by atoms with van der Waals surface area (Å²) in [7, 11) is 0. The number of hydrogen-bond donors (Lipinski definition) is 0. The van der Waals surface area contributed by atoms with Gasteiger partial charge in [0.2, 0.25) is 0 Å². The molecule has 1 aliphatic rings. The largest absolute Gasteiger partial charge is 0.416 e. The first-order valence-electron chi connectivity index (χ1n) is 13.7. The molecule has 0 aliphatic heterocycles. The zero-order chi connectivity index (χ0) is 27.0. The smallest absolute Gasteiger partial charge is 0.292 e. The van der Waals surface area contributed by atoms with Gasteiger partial charge in [-0.05, 0) is 67.3 Å². The lowest BCUT2D eigenvalue weighted by molar-refractivity contribution is -0.137. The SMILES string of the molecule is CC(CCC(C#N)(c1ccc(C(F)(F)F)cc1)C1CCCCC1)N(Cc1ccccc1)Cc1ccccc1. The molecule has 0 amide bonds. The minimum atomic E-state index is -4.39. The summed E-state index contributed by atoms with van der Waals surface area (Å²) in [5, 5.41) is 10.6. The Bertz CT molecular complexity index is 1120. The number of rotatable bonds is 10. The first-order valence-corrected chi connectivity index (χ1v) is 13.7. The third-order valence-electron chi connectivity index (χ3n) is 8.27. The van der Waals surface area contributed by atoms with Crippen molar-refractivity contribution in [3.05, 3.63) is 107 Å². The van der Waals surface area contributed by atoms with Gasteiger partial charge in [0, 0.05) is 19.1 Å². The molecule has 4 rings (SSSR count). The molecule has 200 valence electrons. The van der Waals surface area contributed by atoms with Crippen LogP contribution in [0.5, 0.6) is 0 Å². The molecule has 1 fully saturated rings. The molecule has 2 atom stereocenters. The van der Waals surface area contributed by atoms with Crippen LogP contribution in [0.2, 0.25) is 0 Å². The highest BCUT2D eigenvalue weighted by Gasteiger charge is 2.42. The fourth-order valence-electron chi connectivity index (χ4n) is 5.97. The van der Waals surface area contributed by atoms with E-state index in [1.165, 1.54) is 11.1 Å². The molecule has 0 saturated heterocycles. The quantitative estimate of drug-likeness (QED) is 0.268. The van der Waals surface area contributed by atoms with Crippen LogP contribution in [0.15, 0.2) is 84.9 Å². The molecule has 5 heteroatoms. The molecule has 0 N–H and O–H groups in total. The van der Waals surface area contributed by atoms with Crippen LogP contribution in [0.25, 0.3) is 0 Å². The Hall–Kier alpha value is -3.10. The van der Waals surface area contributed by atoms with Gasteiger partial charge in [-0.15, -0.1) is 0 Å². The van der Waals surface area contributed by atoms with Crippen LogP contribution >= 0.6 is 0 Å². The van der Waals surface area contributed by atoms with Gasteiger partial charge in [-0.3, -0.25) is 4.90 Å². The van der Waals surface area contributed by atoms with E-state index in [2.05, 4.69) is 66.4 Å². The second kappa shape index (κ2) is 12.6. The zero-order valence-corrected chi connectivity index (χ0v) is 22.1. The number of benzene rings is 3. The Morgan fingerprint density at radius 3 is 1.76 bits per heavy atom. The third-order valence-corrected chi connectivity index (χ3v) is 8.27. The highest BCUT2D eigenvalue weighted by molar-refractivity contribution is 5.37. The summed E-state index contributed by atoms with van der Waals surface area (Å²) in [6.07, 6.45) is 2.20. The van der Waals surface area contributed by atoms with Gasteiger partial charge in [0.15, 0.2) is 0 Å². The normalized spacial score (nSPS) is 17.1. The van der Waals surface area contributed by atoms with Gasteiger partial charge < -0.3 is 0 Å². The van der Waals surface area contributed by atoms with E-state index in [1.54, 1.807) is 12.1 Å². The van der Waals surface area contributed by atoms with Crippen LogP contribution in [0.3, 0.4) is 0 Å². The maximum absolute atomic E-state index is 13.3. The first-order chi connectivity index (χ1) is 18.3. The van der Waals surface area contributed by atoms with Crippen LogP contribution < -0.4 is 0 Å². The summed E-state index contributed by atoms with van der Waals surface area (Å²) < 4.78 is 39.8. The summed E-state index contributed by atoms with van der Waals surface area (Å²) in [6, 6.07) is 29.0. The standard InChI is InChI=1S/C33H37F3N2/c1-26(38(23-27-11-5-2-6-12-27)24-28-13-7-3-8-14-28)21-22-32(25-37,29-15-9-4-10-16-29)30-17-19-31(20-18-30)33(34,35)36/h2-3,5-8,11-14,17-20,26,29H,4,9-10,15-16,21-24H2,1H3. The topological polar surface area (TPSA) is 27.0 Å². The molecule has 0 spiro atoms. The van der Waals surface area contributed by atoms with Gasteiger partial charge in [-0.2, -0.15) is 18.4 Å². The second-order valence-electron chi connectivity index (χ2n) is 10.8. The Labute approximate surface area is 225 Å². The van der Waals surface area contributed by atoms with Crippen LogP contribution in [-0.4, -0.2) is 10.9 Å². The van der Waals surface area contributed by atoms with Crippen LogP contribution in [0.4, 0.5) is 13.2 Å². The Balaban J connectivity index is 1.59. The van der Waals surface area contributed by atoms with Crippen LogP contribution in [-0.2, 0) is 24.7 Å². The molecular formula is C33H37F3N2. The summed E-state index contributed by atoms with van der Waals surface area (Å²) >= 11 is 0. The van der Waals surface area contributed by atoms with Crippen molar-refractivity contribution in [3.63, 3.8) is 0 Å². The van der Waals surface area contributed by atoms with Crippen LogP contribution in [0, 0.1) is 17.2 Å². The van der Waals surface area contributed by atoms with E-state index in [0.717, 1.165) is 69.3 Å². The van der Waals surface area contributed by atoms with Crippen molar-refractivity contribution >= 4 is 0 Å². The number of nitrogens with zero attached hydrogens (tertiary/aromatic N) is 2. The Morgan fingerprint density at radius 2 is 1.29 bits per heavy atom. The summed E-state index contributed by atoms with van der Waals surface area (Å²) in [4.78, 5) is 2.44. The maximum atomic E-state index is 13.3. The first kappa shape index (κ1) is 27.9. The van der Waals surface area contributed by atoms with E-state index in [-0.39, 0.29) is 12.0 Å². The third kappa shape index (κ3) is 6.85. The van der Waals surface area contributed by atoms with E-state index in [0.29, 0.717) is 6.42 Å². The lowest BCUT2D eigenvalue weighted by Gasteiger charge is -2.40. The van der Waals surface area contributed by atoms with Crippen molar-refractivity contribution in [2.24, 2.45) is 5.92 Å². The number of halogens is 3. The summed E-state index contributed by atoms with van der Waals surface area (Å²) in [5.41, 5.74) is 1.74. The molecule has 38 heavy (non-hydrogen) atoms. The number of alkyl halides is 3. The minimum absolute atomic E-state index is 0.155. The van der Waals surface area contributed by atoms with Gasteiger partial charge in [-0.25, -0.2) is 0 Å². The second-order valence-corrected chi connectivity index (χ2v) is 10.8. The van der Waals surface area contributed by atoms with E-state index < -0.39 is 17.2 Å². The predicted octanol–water partition coefficient (Wildman–Crippen LogP) is 8.92. The summed E-state index contributed by atoms with van der Waals surface area (Å²) in [6.45, 7) is 3.79. The van der Waals surface area contributed by atoms with Crippen molar-refractivity contribution < 1.29 is 13.2 Å². The molecule has 1 saturated carbocycles. The fourth-order valence-corrected chi connectivity index (χ4v) is 5.97. The van der Waals surface area contributed by atoms with Crippen LogP contribution in [0.1, 0.15) is 74.1 Å². The van der Waals surface area contributed by atoms with Gasteiger partial charge in [0.05, 0.1) is 17.0 Å². The van der Waals surface area contributed by atoms with Gasteiger partial charge in [0.25, 0.3) is 0 Å². The average Bonchev–Trinajstić information content (AvgIpc) is 2.95. The van der Waals surface area contributed by atoms with Crippen molar-refractivity contribution in [2.45, 2.75) is 82.6 Å². The molecular weight excluding hydrogens is 481 g/mol. The maximum Gasteiger partial charge on any atom is 0.416 e. The zero-order valence-electron chi connectivity index (χ0n) is 22.1. The number of hydrogen-bond acceptors (Lipinski definition) is 2. The Morgan fingerprint density at radius 1 is 0.789 bits per heavy atom. The van der Waals surface area contributed by atoms with Crippen molar-refractivity contribution in [3.8, 4) is 6.07 Å². The molecule has 3 aromatic carbocycles. The molecule has 0 bridgehead atoms. The lowest BCUT2D eigenvalue weighted by Crippen LogP contribution is -2.39. The van der Waals surface area contributed by atoms with Crippen molar-refractivity contribution in [1.29, 1.82) is 5.26 Å². The molecule has 2 unspecified atom stereocenters. The molecule has 0 radical (unpaired) electrons. The fraction of sp³-hybridized carbons (Fsp3) is 0.424. The summed E-state index contributed by atoms with van der Waals surface area (Å²) in [5.74, 6) is 0.155. The lowest BCUT2D eigenvalue weighted by atomic mass is 9.63. The molecule has 1 aliphatic carbocycles. The molecule has 0 heterocycles. The highest BCUT2D eigenvalue weighted by Crippen LogP contribution is 2.45. The van der Waals surface area contributed by atoms with E-state index in [9.17, 15) is 18.4 Å². The van der Waals surface area contributed by atoms with E-state index in [1.807, 2.05) is 12.1 Å². The molecule has 3 aromatic rings. The van der Waals surface area contributed by atoms with Crippen molar-refractivity contribution in [1.82, 2.24) is 4.90 Å². The average molecular weight is 519 g/mol. The van der Waals surface area contributed by atoms with Gasteiger partial charge >= 0.3 is 6.18 Å².